The van der Waals surface area contributed by atoms with Crippen molar-refractivity contribution in [3.63, 3.8) is 0 Å². The Balaban J connectivity index is 1.82. The Labute approximate surface area is 120 Å². The summed E-state index contributed by atoms with van der Waals surface area (Å²) in [5.41, 5.74) is 1.69. The number of aromatic nitrogens is 2. The van der Waals surface area contributed by atoms with Gasteiger partial charge in [0.15, 0.2) is 5.82 Å². The Morgan fingerprint density at radius 2 is 2.10 bits per heavy atom. The van der Waals surface area contributed by atoms with Crippen LogP contribution in [0, 0.1) is 6.92 Å². The van der Waals surface area contributed by atoms with Gasteiger partial charge >= 0.3 is 0 Å². The molecule has 0 aromatic carbocycles. The van der Waals surface area contributed by atoms with Gasteiger partial charge in [-0.2, -0.15) is 0 Å². The van der Waals surface area contributed by atoms with E-state index < -0.39 is 0 Å². The molecule has 2 aliphatic rings. The third kappa shape index (κ3) is 3.00. The van der Waals surface area contributed by atoms with E-state index in [9.17, 15) is 0 Å². The molecule has 2 heterocycles. The molecule has 1 aromatic rings. The van der Waals surface area contributed by atoms with E-state index in [1.165, 1.54) is 12.8 Å². The Hall–Kier alpha value is -1.04. The minimum Gasteiger partial charge on any atom is -0.381 e. The van der Waals surface area contributed by atoms with Crippen molar-refractivity contribution >= 4 is 0 Å². The lowest BCUT2D eigenvalue weighted by Crippen LogP contribution is -2.38. The molecule has 0 atom stereocenters. The van der Waals surface area contributed by atoms with Crippen LogP contribution in [-0.4, -0.2) is 36.3 Å². The average Bonchev–Trinajstić information content (AvgIpc) is 3.29. The fourth-order valence-electron chi connectivity index (χ4n) is 2.68. The van der Waals surface area contributed by atoms with Gasteiger partial charge in [0.2, 0.25) is 0 Å². The van der Waals surface area contributed by atoms with Crippen molar-refractivity contribution < 1.29 is 9.47 Å². The van der Waals surface area contributed by atoms with Gasteiger partial charge in [-0.1, -0.05) is 0 Å². The van der Waals surface area contributed by atoms with Crippen LogP contribution in [0.15, 0.2) is 6.07 Å². The van der Waals surface area contributed by atoms with E-state index in [0.29, 0.717) is 19.3 Å². The van der Waals surface area contributed by atoms with Crippen molar-refractivity contribution in [2.45, 2.75) is 50.8 Å². The maximum atomic E-state index is 5.79. The van der Waals surface area contributed by atoms with Gasteiger partial charge in [-0.3, -0.25) is 0 Å². The van der Waals surface area contributed by atoms with Crippen molar-refractivity contribution in [1.82, 2.24) is 15.3 Å². The fourth-order valence-corrected chi connectivity index (χ4v) is 2.68. The second-order valence-electron chi connectivity index (χ2n) is 5.79. The highest BCUT2D eigenvalue weighted by Gasteiger charge is 2.37. The zero-order valence-electron chi connectivity index (χ0n) is 12.3. The smallest absolute Gasteiger partial charge is 0.160 e. The molecule has 1 aromatic heterocycles. The summed E-state index contributed by atoms with van der Waals surface area (Å²) in [6, 6.07) is 2.75. The minimum atomic E-state index is -0.376. The number of methoxy groups -OCH3 is 1. The van der Waals surface area contributed by atoms with Gasteiger partial charge in [-0.05, 0) is 25.8 Å². The van der Waals surface area contributed by atoms with Crippen LogP contribution < -0.4 is 5.32 Å². The summed E-state index contributed by atoms with van der Waals surface area (Å²) in [7, 11) is 1.75. The quantitative estimate of drug-likeness (QED) is 0.887. The Kier molecular flexibility index (Phi) is 4.01. The first-order valence-electron chi connectivity index (χ1n) is 7.43. The molecule has 0 radical (unpaired) electrons. The van der Waals surface area contributed by atoms with Gasteiger partial charge < -0.3 is 14.8 Å². The zero-order valence-corrected chi connectivity index (χ0v) is 12.3. The summed E-state index contributed by atoms with van der Waals surface area (Å²) >= 11 is 0. The summed E-state index contributed by atoms with van der Waals surface area (Å²) in [6.45, 7) is 4.26. The lowest BCUT2D eigenvalue weighted by molar-refractivity contribution is -0.100. The van der Waals surface area contributed by atoms with E-state index in [4.69, 9.17) is 14.5 Å². The number of nitrogens with zero attached hydrogens (tertiary/aromatic N) is 2. The first-order valence-corrected chi connectivity index (χ1v) is 7.43. The lowest BCUT2D eigenvalue weighted by atomic mass is 9.93. The Morgan fingerprint density at radius 3 is 2.75 bits per heavy atom. The average molecular weight is 277 g/mol. The second-order valence-corrected chi connectivity index (χ2v) is 5.79. The lowest BCUT2D eigenvalue weighted by Gasteiger charge is -2.34. The van der Waals surface area contributed by atoms with Crippen molar-refractivity contribution in [2.75, 3.05) is 20.3 Å². The number of aryl methyl sites for hydroxylation is 1. The van der Waals surface area contributed by atoms with Crippen LogP contribution in [0.25, 0.3) is 0 Å². The predicted octanol–water partition coefficient (Wildman–Crippen LogP) is 1.69. The van der Waals surface area contributed by atoms with Gasteiger partial charge in [-0.25, -0.2) is 9.97 Å². The molecule has 20 heavy (non-hydrogen) atoms. The van der Waals surface area contributed by atoms with E-state index in [-0.39, 0.29) is 5.60 Å². The minimum absolute atomic E-state index is 0.376. The molecule has 3 rings (SSSR count). The van der Waals surface area contributed by atoms with Gasteiger partial charge in [0.05, 0.1) is 5.69 Å². The maximum absolute atomic E-state index is 5.79. The van der Waals surface area contributed by atoms with E-state index in [0.717, 1.165) is 36.6 Å². The highest BCUT2D eigenvalue weighted by atomic mass is 16.5. The van der Waals surface area contributed by atoms with Crippen molar-refractivity contribution in [3.8, 4) is 0 Å². The Morgan fingerprint density at radius 1 is 1.35 bits per heavy atom. The van der Waals surface area contributed by atoms with Crippen LogP contribution >= 0.6 is 0 Å². The van der Waals surface area contributed by atoms with Gasteiger partial charge in [0.25, 0.3) is 0 Å². The highest BCUT2D eigenvalue weighted by Crippen LogP contribution is 2.33. The van der Waals surface area contributed by atoms with Gasteiger partial charge in [0, 0.05) is 51.4 Å². The number of rotatable bonds is 5. The summed E-state index contributed by atoms with van der Waals surface area (Å²) in [6.07, 6.45) is 4.22. The molecule has 1 saturated heterocycles. The molecule has 5 nitrogen and oxygen atoms in total. The van der Waals surface area contributed by atoms with Gasteiger partial charge in [-0.15, -0.1) is 0 Å². The van der Waals surface area contributed by atoms with Crippen molar-refractivity contribution in [1.29, 1.82) is 0 Å². The molecule has 0 amide bonds. The van der Waals surface area contributed by atoms with Crippen molar-refractivity contribution in [3.05, 3.63) is 23.3 Å². The SMILES string of the molecule is COC1(c2nc(C)cc(CNC3CC3)n2)CCOCC1. The topological polar surface area (TPSA) is 56.3 Å². The molecule has 0 bridgehead atoms. The summed E-state index contributed by atoms with van der Waals surface area (Å²) in [5, 5.41) is 3.50. The molecule has 0 unspecified atom stereocenters. The van der Waals surface area contributed by atoms with Crippen LogP contribution in [-0.2, 0) is 21.6 Å². The maximum Gasteiger partial charge on any atom is 0.160 e. The molecule has 1 N–H and O–H groups in total. The van der Waals surface area contributed by atoms with E-state index in [2.05, 4.69) is 16.4 Å². The molecule has 0 spiro atoms. The standard InChI is InChI=1S/C15H23N3O2/c1-11-9-13(10-16-12-3-4-12)18-14(17-11)15(19-2)5-7-20-8-6-15/h9,12,16H,3-8,10H2,1-2H3. The molecule has 2 fully saturated rings. The first kappa shape index (κ1) is 13.9. The number of ether oxygens (including phenoxy) is 2. The third-order valence-electron chi connectivity index (χ3n) is 4.16. The van der Waals surface area contributed by atoms with Crippen LogP contribution in [0.3, 0.4) is 0 Å². The Bertz CT molecular complexity index is 468. The zero-order chi connectivity index (χ0) is 14.0. The molecule has 1 aliphatic carbocycles. The summed E-state index contributed by atoms with van der Waals surface area (Å²) in [5.74, 6) is 0.816. The largest absolute Gasteiger partial charge is 0.381 e. The number of nitrogens with one attached hydrogen (secondary N) is 1. The molecule has 110 valence electrons. The van der Waals surface area contributed by atoms with Gasteiger partial charge in [0.1, 0.15) is 5.60 Å². The molecule has 1 aliphatic heterocycles. The highest BCUT2D eigenvalue weighted by molar-refractivity contribution is 5.15. The normalized spacial score (nSPS) is 21.9. The molecular weight excluding hydrogens is 254 g/mol. The van der Waals surface area contributed by atoms with Crippen LogP contribution in [0.2, 0.25) is 0 Å². The summed E-state index contributed by atoms with van der Waals surface area (Å²) in [4.78, 5) is 9.37. The fraction of sp³-hybridized carbons (Fsp3) is 0.733. The summed E-state index contributed by atoms with van der Waals surface area (Å²) < 4.78 is 11.2. The molecular formula is C15H23N3O2. The number of hydrogen-bond acceptors (Lipinski definition) is 5. The third-order valence-corrected chi connectivity index (χ3v) is 4.16. The predicted molar refractivity (Wildman–Crippen MR) is 75.4 cm³/mol. The van der Waals surface area contributed by atoms with E-state index in [1.807, 2.05) is 6.92 Å². The van der Waals surface area contributed by atoms with E-state index in [1.54, 1.807) is 7.11 Å². The molecule has 1 saturated carbocycles. The van der Waals surface area contributed by atoms with Crippen LogP contribution in [0.1, 0.15) is 42.9 Å². The second kappa shape index (κ2) is 5.76. The number of hydrogen-bond donors (Lipinski definition) is 1. The van der Waals surface area contributed by atoms with Crippen LogP contribution in [0.4, 0.5) is 0 Å². The van der Waals surface area contributed by atoms with Crippen LogP contribution in [0.5, 0.6) is 0 Å². The van der Waals surface area contributed by atoms with E-state index >= 15 is 0 Å². The first-order chi connectivity index (χ1) is 9.72. The molecule has 5 heteroatoms. The van der Waals surface area contributed by atoms with Crippen molar-refractivity contribution in [2.24, 2.45) is 0 Å². The monoisotopic (exact) mass is 277 g/mol.